The summed E-state index contributed by atoms with van der Waals surface area (Å²) >= 11 is 6.20. The highest BCUT2D eigenvalue weighted by Gasteiger charge is 2.12. The minimum absolute atomic E-state index is 0.0570. The highest BCUT2D eigenvalue weighted by Crippen LogP contribution is 2.28. The number of hydrogen-bond donors (Lipinski definition) is 1. The maximum Gasteiger partial charge on any atom is 0.124 e. The molecule has 102 valence electrons. The lowest BCUT2D eigenvalue weighted by atomic mass is 10.1. The van der Waals surface area contributed by atoms with Crippen molar-refractivity contribution in [3.63, 3.8) is 0 Å². The topological polar surface area (TPSA) is 44.5 Å². The van der Waals surface area contributed by atoms with Gasteiger partial charge < -0.3 is 15.2 Å². The van der Waals surface area contributed by atoms with Crippen LogP contribution in [0.15, 0.2) is 18.2 Å². The number of ether oxygens (including phenoxy) is 2. The summed E-state index contributed by atoms with van der Waals surface area (Å²) in [5.41, 5.74) is 6.82. The first-order valence-electron chi connectivity index (χ1n) is 6.23. The Kier molecular flexibility index (Phi) is 6.47. The molecule has 1 aromatic carbocycles. The van der Waals surface area contributed by atoms with Crippen LogP contribution in [0.1, 0.15) is 25.8 Å². The molecule has 0 amide bonds. The quantitative estimate of drug-likeness (QED) is 0.829. The van der Waals surface area contributed by atoms with Gasteiger partial charge in [-0.2, -0.15) is 0 Å². The normalized spacial score (nSPS) is 14.3. The summed E-state index contributed by atoms with van der Waals surface area (Å²) in [5.74, 6) is 0.823. The molecule has 3 nitrogen and oxygen atoms in total. The van der Waals surface area contributed by atoms with Crippen molar-refractivity contribution in [1.82, 2.24) is 0 Å². The predicted molar refractivity (Wildman–Crippen MR) is 75.4 cm³/mol. The number of methoxy groups -OCH3 is 1. The summed E-state index contributed by atoms with van der Waals surface area (Å²) in [6, 6.07) is 5.76. The molecule has 4 heteroatoms. The van der Waals surface area contributed by atoms with Crippen LogP contribution in [0.25, 0.3) is 0 Å². The van der Waals surface area contributed by atoms with Crippen molar-refractivity contribution in [3.05, 3.63) is 28.8 Å². The molecule has 2 unspecified atom stereocenters. The minimum atomic E-state index is 0.0570. The van der Waals surface area contributed by atoms with Gasteiger partial charge in [0.2, 0.25) is 0 Å². The van der Waals surface area contributed by atoms with Crippen LogP contribution in [0.4, 0.5) is 0 Å². The summed E-state index contributed by atoms with van der Waals surface area (Å²) < 4.78 is 11.0. The molecule has 0 aliphatic heterocycles. The monoisotopic (exact) mass is 271 g/mol. The fraction of sp³-hybridized carbons (Fsp3) is 0.571. The zero-order chi connectivity index (χ0) is 13.5. The average molecular weight is 272 g/mol. The van der Waals surface area contributed by atoms with Gasteiger partial charge in [-0.15, -0.1) is 0 Å². The summed E-state index contributed by atoms with van der Waals surface area (Å²) in [7, 11) is 1.69. The highest BCUT2D eigenvalue weighted by atomic mass is 35.5. The number of benzene rings is 1. The third kappa shape index (κ3) is 4.84. The Hall–Kier alpha value is -0.770. The van der Waals surface area contributed by atoms with E-state index in [1.54, 1.807) is 7.11 Å². The lowest BCUT2D eigenvalue weighted by Crippen LogP contribution is -2.20. The van der Waals surface area contributed by atoms with Gasteiger partial charge in [-0.1, -0.05) is 17.7 Å². The maximum absolute atomic E-state index is 6.20. The van der Waals surface area contributed by atoms with E-state index >= 15 is 0 Å². The smallest absolute Gasteiger partial charge is 0.124 e. The number of hydrogen-bond acceptors (Lipinski definition) is 3. The Morgan fingerprint density at radius 2 is 2.06 bits per heavy atom. The van der Waals surface area contributed by atoms with Gasteiger partial charge in [0.25, 0.3) is 0 Å². The van der Waals surface area contributed by atoms with E-state index in [1.165, 1.54) is 0 Å². The van der Waals surface area contributed by atoms with Gasteiger partial charge in [0, 0.05) is 36.8 Å². The minimum Gasteiger partial charge on any atom is -0.490 e. The average Bonchev–Trinajstić information content (AvgIpc) is 2.30. The van der Waals surface area contributed by atoms with E-state index in [1.807, 2.05) is 32.0 Å². The molecule has 0 fully saturated rings. The van der Waals surface area contributed by atoms with Crippen molar-refractivity contribution in [2.24, 2.45) is 5.73 Å². The second-order valence-electron chi connectivity index (χ2n) is 4.61. The summed E-state index contributed by atoms with van der Waals surface area (Å²) in [6.45, 7) is 4.67. The number of rotatable bonds is 7. The van der Waals surface area contributed by atoms with Crippen LogP contribution >= 0.6 is 11.6 Å². The van der Waals surface area contributed by atoms with E-state index in [4.69, 9.17) is 26.8 Å². The van der Waals surface area contributed by atoms with Gasteiger partial charge in [-0.25, -0.2) is 0 Å². The lowest BCUT2D eigenvalue weighted by Gasteiger charge is -2.19. The largest absolute Gasteiger partial charge is 0.490 e. The van der Waals surface area contributed by atoms with Crippen LogP contribution in [0.3, 0.4) is 0 Å². The predicted octanol–water partition coefficient (Wildman–Crippen LogP) is 3.03. The molecule has 0 saturated heterocycles. The molecule has 18 heavy (non-hydrogen) atoms. The SMILES string of the molecule is COCCC(C)Oc1cccc(Cl)c1CC(C)N. The van der Waals surface area contributed by atoms with Gasteiger partial charge in [-0.05, 0) is 32.4 Å². The first-order valence-corrected chi connectivity index (χ1v) is 6.61. The number of halogens is 1. The zero-order valence-corrected chi connectivity index (χ0v) is 12.0. The van der Waals surface area contributed by atoms with Crippen molar-refractivity contribution in [1.29, 1.82) is 0 Å². The third-order valence-corrected chi connectivity index (χ3v) is 3.01. The van der Waals surface area contributed by atoms with Crippen LogP contribution in [-0.4, -0.2) is 25.9 Å². The molecule has 0 heterocycles. The molecule has 0 bridgehead atoms. The molecule has 1 rings (SSSR count). The highest BCUT2D eigenvalue weighted by molar-refractivity contribution is 6.31. The van der Waals surface area contributed by atoms with Crippen LogP contribution in [0, 0.1) is 0 Å². The van der Waals surface area contributed by atoms with Gasteiger partial charge in [0.05, 0.1) is 6.10 Å². The van der Waals surface area contributed by atoms with Crippen LogP contribution in [-0.2, 0) is 11.2 Å². The van der Waals surface area contributed by atoms with Crippen LogP contribution in [0.2, 0.25) is 5.02 Å². The van der Waals surface area contributed by atoms with E-state index in [9.17, 15) is 0 Å². The van der Waals surface area contributed by atoms with E-state index < -0.39 is 0 Å². The zero-order valence-electron chi connectivity index (χ0n) is 11.3. The standard InChI is InChI=1S/C14H22ClNO2/c1-10(16)9-12-13(15)5-4-6-14(12)18-11(2)7-8-17-3/h4-6,10-11H,7-9,16H2,1-3H3. The fourth-order valence-electron chi connectivity index (χ4n) is 1.73. The van der Waals surface area contributed by atoms with E-state index in [0.29, 0.717) is 18.1 Å². The van der Waals surface area contributed by atoms with Crippen LogP contribution < -0.4 is 10.5 Å². The molecule has 0 aromatic heterocycles. The molecule has 2 N–H and O–H groups in total. The molecule has 0 radical (unpaired) electrons. The Morgan fingerprint density at radius 1 is 1.33 bits per heavy atom. The van der Waals surface area contributed by atoms with Crippen molar-refractivity contribution < 1.29 is 9.47 Å². The first kappa shape index (κ1) is 15.3. The Bertz CT molecular complexity index is 369. The second kappa shape index (κ2) is 7.62. The van der Waals surface area contributed by atoms with Crippen molar-refractivity contribution >= 4 is 11.6 Å². The molecule has 2 atom stereocenters. The van der Waals surface area contributed by atoms with E-state index in [2.05, 4.69) is 0 Å². The van der Waals surface area contributed by atoms with Crippen LogP contribution in [0.5, 0.6) is 5.75 Å². The summed E-state index contributed by atoms with van der Waals surface area (Å²) in [5, 5.41) is 0.712. The second-order valence-corrected chi connectivity index (χ2v) is 5.02. The fourth-order valence-corrected chi connectivity index (χ4v) is 1.97. The Morgan fingerprint density at radius 3 is 2.67 bits per heavy atom. The Balaban J connectivity index is 2.77. The molecule has 1 aromatic rings. The van der Waals surface area contributed by atoms with Gasteiger partial charge in [0.15, 0.2) is 0 Å². The van der Waals surface area contributed by atoms with Gasteiger partial charge >= 0.3 is 0 Å². The first-order chi connectivity index (χ1) is 8.54. The van der Waals surface area contributed by atoms with Crippen molar-refractivity contribution in [2.45, 2.75) is 38.8 Å². The molecular formula is C14H22ClNO2. The molecule has 0 aliphatic carbocycles. The molecule has 0 saturated carbocycles. The van der Waals surface area contributed by atoms with Gasteiger partial charge in [0.1, 0.15) is 5.75 Å². The number of nitrogens with two attached hydrogens (primary N) is 1. The summed E-state index contributed by atoms with van der Waals surface area (Å²) in [4.78, 5) is 0. The molecular weight excluding hydrogens is 250 g/mol. The van der Waals surface area contributed by atoms with E-state index in [-0.39, 0.29) is 12.1 Å². The summed E-state index contributed by atoms with van der Waals surface area (Å²) in [6.07, 6.45) is 1.65. The maximum atomic E-state index is 6.20. The van der Waals surface area contributed by atoms with Crippen molar-refractivity contribution in [2.75, 3.05) is 13.7 Å². The molecule has 0 aliphatic rings. The third-order valence-electron chi connectivity index (χ3n) is 2.66. The van der Waals surface area contributed by atoms with Crippen molar-refractivity contribution in [3.8, 4) is 5.75 Å². The van der Waals surface area contributed by atoms with E-state index in [0.717, 1.165) is 17.7 Å². The molecule has 0 spiro atoms. The Labute approximate surface area is 114 Å². The lowest BCUT2D eigenvalue weighted by molar-refractivity contribution is 0.134. The van der Waals surface area contributed by atoms with Gasteiger partial charge in [-0.3, -0.25) is 0 Å².